The molecule has 1 saturated carbocycles. The Morgan fingerprint density at radius 3 is 2.59 bits per heavy atom. The highest BCUT2D eigenvalue weighted by molar-refractivity contribution is 6.07. The summed E-state index contributed by atoms with van der Waals surface area (Å²) < 4.78 is 11.5. The average molecular weight is 469 g/mol. The molecule has 1 amide bonds. The first kappa shape index (κ1) is 22.5. The van der Waals surface area contributed by atoms with Crippen LogP contribution in [0.2, 0.25) is 0 Å². The van der Waals surface area contributed by atoms with Gasteiger partial charge in [-0.3, -0.25) is 9.69 Å². The third-order valence-electron chi connectivity index (χ3n) is 7.38. The van der Waals surface area contributed by atoms with Crippen LogP contribution >= 0.6 is 0 Å². The fourth-order valence-corrected chi connectivity index (χ4v) is 5.71. The smallest absolute Gasteiger partial charge is 0.409 e. The second-order valence-corrected chi connectivity index (χ2v) is 9.57. The van der Waals surface area contributed by atoms with Gasteiger partial charge >= 0.3 is 6.09 Å². The Hall–Kier alpha value is -3.30. The molecule has 1 aromatic carbocycles. The van der Waals surface area contributed by atoms with E-state index in [1.165, 1.54) is 0 Å². The maximum Gasteiger partial charge on any atom is 0.409 e. The van der Waals surface area contributed by atoms with Crippen molar-refractivity contribution in [3.05, 3.63) is 23.8 Å². The van der Waals surface area contributed by atoms with Gasteiger partial charge < -0.3 is 25.8 Å². The zero-order valence-corrected chi connectivity index (χ0v) is 19.6. The first-order valence-electron chi connectivity index (χ1n) is 12.1. The number of rotatable bonds is 2. The van der Waals surface area contributed by atoms with E-state index in [1.807, 2.05) is 23.1 Å². The van der Waals surface area contributed by atoms with Crippen LogP contribution in [0.5, 0.6) is 5.75 Å². The van der Waals surface area contributed by atoms with Crippen LogP contribution < -0.4 is 21.1 Å². The van der Waals surface area contributed by atoms with E-state index in [0.29, 0.717) is 49.8 Å². The lowest BCUT2D eigenvalue weighted by Gasteiger charge is -2.46. The van der Waals surface area contributed by atoms with E-state index < -0.39 is 11.3 Å². The van der Waals surface area contributed by atoms with Gasteiger partial charge in [0.1, 0.15) is 17.0 Å². The number of hydrogen-bond donors (Lipinski definition) is 2. The van der Waals surface area contributed by atoms with Crippen LogP contribution in [-0.2, 0) is 4.74 Å². The molecule has 0 radical (unpaired) electrons. The van der Waals surface area contributed by atoms with Gasteiger partial charge in [0, 0.05) is 31.6 Å². The Kier molecular flexibility index (Phi) is 5.61. The molecule has 0 bridgehead atoms. The predicted octanol–water partition coefficient (Wildman–Crippen LogP) is 2.75. The van der Waals surface area contributed by atoms with E-state index in [-0.39, 0.29) is 24.3 Å². The van der Waals surface area contributed by atoms with Crippen LogP contribution in [0.15, 0.2) is 28.2 Å². The summed E-state index contributed by atoms with van der Waals surface area (Å²) in [6, 6.07) is 5.59. The summed E-state index contributed by atoms with van der Waals surface area (Å²) in [5.41, 5.74) is 12.5. The fraction of sp³-hybridized carbons (Fsp3) is 0.583. The van der Waals surface area contributed by atoms with E-state index in [1.54, 1.807) is 11.8 Å². The van der Waals surface area contributed by atoms with E-state index in [4.69, 9.17) is 25.9 Å². The highest BCUT2D eigenvalue weighted by atomic mass is 16.6. The predicted molar refractivity (Wildman–Crippen MR) is 128 cm³/mol. The molecule has 0 unspecified atom stereocenters. The molecular formula is C24H32N6O4. The minimum Gasteiger partial charge on any atom is -0.486 e. The number of piperidine rings is 1. The zero-order chi connectivity index (χ0) is 23.9. The highest BCUT2D eigenvalue weighted by Crippen LogP contribution is 2.44. The summed E-state index contributed by atoms with van der Waals surface area (Å²) in [5, 5.41) is 0. The van der Waals surface area contributed by atoms with Gasteiger partial charge in [-0.1, -0.05) is 6.42 Å². The van der Waals surface area contributed by atoms with Crippen LogP contribution in [0.3, 0.4) is 0 Å². The van der Waals surface area contributed by atoms with E-state index in [9.17, 15) is 9.59 Å². The number of carbonyl (C=O) groups is 2. The van der Waals surface area contributed by atoms with Crippen molar-refractivity contribution in [1.29, 1.82) is 0 Å². The Balaban J connectivity index is 1.39. The second-order valence-electron chi connectivity index (χ2n) is 9.57. The fourth-order valence-electron chi connectivity index (χ4n) is 5.71. The van der Waals surface area contributed by atoms with Crippen molar-refractivity contribution < 1.29 is 19.1 Å². The minimum absolute atomic E-state index is 0.0286. The molecule has 0 atom stereocenters. The summed E-state index contributed by atoms with van der Waals surface area (Å²) in [7, 11) is 0. The number of nitrogens with two attached hydrogens (primary N) is 2. The van der Waals surface area contributed by atoms with Gasteiger partial charge in [-0.25, -0.2) is 9.79 Å². The van der Waals surface area contributed by atoms with Crippen LogP contribution in [0.4, 0.5) is 10.5 Å². The monoisotopic (exact) mass is 468 g/mol. The minimum atomic E-state index is -0.594. The number of benzene rings is 1. The van der Waals surface area contributed by atoms with Crippen LogP contribution in [0, 0.1) is 0 Å². The largest absolute Gasteiger partial charge is 0.486 e. The van der Waals surface area contributed by atoms with Crippen LogP contribution in [0.1, 0.15) is 68.6 Å². The van der Waals surface area contributed by atoms with Gasteiger partial charge in [0.05, 0.1) is 18.6 Å². The quantitative estimate of drug-likeness (QED) is 0.681. The molecule has 2 fully saturated rings. The Bertz CT molecular complexity index is 1050. The number of anilines is 1. The topological polar surface area (TPSA) is 136 Å². The lowest BCUT2D eigenvalue weighted by molar-refractivity contribution is -0.00859. The van der Waals surface area contributed by atoms with Gasteiger partial charge in [-0.2, -0.15) is 4.99 Å². The van der Waals surface area contributed by atoms with Gasteiger partial charge in [-0.15, -0.1) is 0 Å². The molecule has 10 nitrogen and oxygen atoms in total. The third-order valence-corrected chi connectivity index (χ3v) is 7.38. The number of aliphatic imine (C=N–C) groups is 2. The maximum atomic E-state index is 13.3. The molecule has 4 N–H and O–H groups in total. The van der Waals surface area contributed by atoms with Crippen molar-refractivity contribution in [2.45, 2.75) is 69.6 Å². The van der Waals surface area contributed by atoms with Gasteiger partial charge in [0.25, 0.3) is 0 Å². The molecule has 34 heavy (non-hydrogen) atoms. The summed E-state index contributed by atoms with van der Waals surface area (Å²) in [6.45, 7) is 3.14. The number of guanidine groups is 2. The first-order chi connectivity index (χ1) is 16.3. The van der Waals surface area contributed by atoms with Crippen molar-refractivity contribution >= 4 is 29.5 Å². The number of amides is 1. The average Bonchev–Trinajstić information content (AvgIpc) is 2.80. The van der Waals surface area contributed by atoms with Gasteiger partial charge in [0.15, 0.2) is 5.78 Å². The molecule has 10 heteroatoms. The first-order valence-corrected chi connectivity index (χ1v) is 12.1. The Labute approximate surface area is 199 Å². The highest BCUT2D eigenvalue weighted by Gasteiger charge is 2.46. The SMILES string of the molecule is CCOC(=O)N1CCC2(CC1)CC(=O)c1cc(N3C(N)=NC(N)=NC34CCCCC4)ccc1O2. The number of hydrogen-bond acceptors (Lipinski definition) is 9. The molecule has 5 rings (SSSR count). The number of fused-ring (bicyclic) bond motifs is 1. The Morgan fingerprint density at radius 1 is 1.15 bits per heavy atom. The molecule has 4 aliphatic rings. The number of ketones is 1. The summed E-state index contributed by atoms with van der Waals surface area (Å²) >= 11 is 0. The number of nitrogens with zero attached hydrogens (tertiary/aromatic N) is 4. The summed E-state index contributed by atoms with van der Waals surface area (Å²) in [4.78, 5) is 37.9. The van der Waals surface area contributed by atoms with E-state index >= 15 is 0 Å². The lowest BCUT2D eigenvalue weighted by atomic mass is 9.82. The van der Waals surface area contributed by atoms with E-state index in [2.05, 4.69) is 4.99 Å². The number of Topliss-reactive ketones (excluding diaryl/α,β-unsaturated/α-hetero) is 1. The molecular weight excluding hydrogens is 436 g/mol. The van der Waals surface area contributed by atoms with E-state index in [0.717, 1.165) is 37.8 Å². The molecule has 1 aliphatic carbocycles. The maximum absolute atomic E-state index is 13.3. The second kappa shape index (κ2) is 8.48. The molecule has 0 aromatic heterocycles. The van der Waals surface area contributed by atoms with Crippen molar-refractivity contribution in [2.24, 2.45) is 21.5 Å². The van der Waals surface area contributed by atoms with Crippen molar-refractivity contribution in [3.8, 4) is 5.75 Å². The Morgan fingerprint density at radius 2 is 1.88 bits per heavy atom. The normalized spacial score (nSPS) is 23.1. The van der Waals surface area contributed by atoms with Crippen molar-refractivity contribution in [3.63, 3.8) is 0 Å². The van der Waals surface area contributed by atoms with Crippen molar-refractivity contribution in [2.75, 3.05) is 24.6 Å². The lowest BCUT2D eigenvalue weighted by Crippen LogP contribution is -2.58. The molecule has 1 aromatic rings. The summed E-state index contributed by atoms with van der Waals surface area (Å²) in [5.74, 6) is 1.09. The van der Waals surface area contributed by atoms with Crippen molar-refractivity contribution in [1.82, 2.24) is 4.90 Å². The zero-order valence-electron chi connectivity index (χ0n) is 19.6. The van der Waals surface area contributed by atoms with Crippen LogP contribution in [0.25, 0.3) is 0 Å². The number of likely N-dealkylation sites (tertiary alicyclic amines) is 1. The standard InChI is InChI=1S/C24H32N6O4/c1-2-33-22(32)29-12-10-23(11-13-29)15-18(31)17-14-16(6-7-19(17)34-23)30-21(26)27-20(25)28-24(30)8-4-3-5-9-24/h6-7,14H,2-5,8-13,15H2,1H3,(H4,25,26,27,28). The molecule has 1 saturated heterocycles. The molecule has 3 aliphatic heterocycles. The summed E-state index contributed by atoms with van der Waals surface area (Å²) in [6.07, 6.45) is 5.98. The molecule has 3 heterocycles. The molecule has 182 valence electrons. The van der Waals surface area contributed by atoms with Crippen LogP contribution in [-0.4, -0.2) is 59.7 Å². The number of ether oxygens (including phenoxy) is 2. The number of carbonyl (C=O) groups excluding carboxylic acids is 2. The van der Waals surface area contributed by atoms with Gasteiger partial charge in [-0.05, 0) is 50.8 Å². The third kappa shape index (κ3) is 3.84. The van der Waals surface area contributed by atoms with Gasteiger partial charge in [0.2, 0.25) is 11.9 Å². The molecule has 2 spiro atoms.